The molecule has 0 radical (unpaired) electrons. The lowest BCUT2D eigenvalue weighted by Crippen LogP contribution is -2.47. The van der Waals surface area contributed by atoms with Crippen LogP contribution in [0.25, 0.3) is 0 Å². The van der Waals surface area contributed by atoms with Gasteiger partial charge in [0.2, 0.25) is 0 Å². The quantitative estimate of drug-likeness (QED) is 0.876. The van der Waals surface area contributed by atoms with E-state index in [0.29, 0.717) is 0 Å². The number of hydrogen-bond donors (Lipinski definition) is 1. The molecule has 0 bridgehead atoms. The Balaban J connectivity index is 1.89. The van der Waals surface area contributed by atoms with Crippen LogP contribution in [0.1, 0.15) is 19.4 Å². The van der Waals surface area contributed by atoms with Crippen molar-refractivity contribution in [2.45, 2.75) is 20.3 Å². The molecule has 106 valence electrons. The molecule has 19 heavy (non-hydrogen) atoms. The summed E-state index contributed by atoms with van der Waals surface area (Å²) in [6.07, 6.45) is 1.17. The third kappa shape index (κ3) is 4.51. The first-order valence-electron chi connectivity index (χ1n) is 7.38. The lowest BCUT2D eigenvalue weighted by atomic mass is 10.0. The van der Waals surface area contributed by atoms with Gasteiger partial charge in [0.15, 0.2) is 0 Å². The molecule has 1 aliphatic rings. The van der Waals surface area contributed by atoms with Gasteiger partial charge in [-0.2, -0.15) is 0 Å². The molecule has 3 heteroatoms. The Kier molecular flexibility index (Phi) is 5.23. The fraction of sp³-hybridized carbons (Fsp3) is 0.625. The van der Waals surface area contributed by atoms with Gasteiger partial charge in [-0.3, -0.25) is 4.90 Å². The zero-order chi connectivity index (χ0) is 13.7. The molecule has 0 aromatic heterocycles. The smallest absolute Gasteiger partial charge is 0.0704 e. The molecule has 0 amide bonds. The summed E-state index contributed by atoms with van der Waals surface area (Å²) in [4.78, 5) is 4.84. The second-order valence-electron chi connectivity index (χ2n) is 5.97. The first-order valence-corrected chi connectivity index (χ1v) is 7.38. The van der Waals surface area contributed by atoms with Crippen molar-refractivity contribution >= 4 is 5.69 Å². The SMILES string of the molecule is CC(C)Cc1ccc(N(C)CN2CCNCC2)cc1. The Hall–Kier alpha value is -1.06. The average Bonchev–Trinajstić information content (AvgIpc) is 2.40. The number of hydrogen-bond acceptors (Lipinski definition) is 3. The number of nitrogens with zero attached hydrogens (tertiary/aromatic N) is 2. The molecule has 0 atom stereocenters. The molecular weight excluding hydrogens is 234 g/mol. The Morgan fingerprint density at radius 3 is 2.37 bits per heavy atom. The van der Waals surface area contributed by atoms with E-state index in [-0.39, 0.29) is 0 Å². The van der Waals surface area contributed by atoms with Crippen LogP contribution in [0.3, 0.4) is 0 Å². The van der Waals surface area contributed by atoms with E-state index < -0.39 is 0 Å². The van der Waals surface area contributed by atoms with Crippen molar-refractivity contribution < 1.29 is 0 Å². The molecule has 1 saturated heterocycles. The summed E-state index contributed by atoms with van der Waals surface area (Å²) in [5, 5.41) is 3.39. The van der Waals surface area contributed by atoms with Gasteiger partial charge in [0, 0.05) is 38.9 Å². The number of benzene rings is 1. The van der Waals surface area contributed by atoms with Crippen LogP contribution in [0.15, 0.2) is 24.3 Å². The van der Waals surface area contributed by atoms with Crippen LogP contribution in [0.5, 0.6) is 0 Å². The van der Waals surface area contributed by atoms with Gasteiger partial charge in [-0.05, 0) is 30.0 Å². The van der Waals surface area contributed by atoms with Crippen molar-refractivity contribution in [3.8, 4) is 0 Å². The normalized spacial score (nSPS) is 16.8. The summed E-state index contributed by atoms with van der Waals surface area (Å²) in [6.45, 7) is 10.1. The molecular formula is C16H27N3. The Labute approximate surface area is 117 Å². The predicted octanol–water partition coefficient (Wildman–Crippen LogP) is 2.18. The second-order valence-corrected chi connectivity index (χ2v) is 5.97. The van der Waals surface area contributed by atoms with Crippen molar-refractivity contribution in [3.63, 3.8) is 0 Å². The highest BCUT2D eigenvalue weighted by atomic mass is 15.3. The molecule has 0 unspecified atom stereocenters. The van der Waals surface area contributed by atoms with E-state index in [0.717, 1.165) is 38.8 Å². The van der Waals surface area contributed by atoms with E-state index in [1.54, 1.807) is 0 Å². The first-order chi connectivity index (χ1) is 9.15. The van der Waals surface area contributed by atoms with Crippen LogP contribution in [-0.4, -0.2) is 44.8 Å². The summed E-state index contributed by atoms with van der Waals surface area (Å²) in [6, 6.07) is 9.03. The number of piperazine rings is 1. The predicted molar refractivity (Wildman–Crippen MR) is 82.7 cm³/mol. The van der Waals surface area contributed by atoms with Gasteiger partial charge < -0.3 is 10.2 Å². The molecule has 3 nitrogen and oxygen atoms in total. The number of nitrogens with one attached hydrogen (secondary N) is 1. The topological polar surface area (TPSA) is 18.5 Å². The third-order valence-electron chi connectivity index (χ3n) is 3.64. The van der Waals surface area contributed by atoms with Gasteiger partial charge in [0.25, 0.3) is 0 Å². The summed E-state index contributed by atoms with van der Waals surface area (Å²) in [5.41, 5.74) is 2.75. The van der Waals surface area contributed by atoms with Crippen LogP contribution in [0.4, 0.5) is 5.69 Å². The summed E-state index contributed by atoms with van der Waals surface area (Å²) in [7, 11) is 2.18. The van der Waals surface area contributed by atoms with Gasteiger partial charge in [-0.1, -0.05) is 26.0 Å². The molecule has 1 aromatic rings. The molecule has 0 aliphatic carbocycles. The van der Waals surface area contributed by atoms with Crippen LogP contribution in [-0.2, 0) is 6.42 Å². The van der Waals surface area contributed by atoms with Gasteiger partial charge >= 0.3 is 0 Å². The van der Waals surface area contributed by atoms with E-state index in [1.807, 2.05) is 0 Å². The summed E-state index contributed by atoms with van der Waals surface area (Å²) < 4.78 is 0. The lowest BCUT2D eigenvalue weighted by molar-refractivity contribution is 0.243. The fourth-order valence-corrected chi connectivity index (χ4v) is 2.59. The Morgan fingerprint density at radius 2 is 1.79 bits per heavy atom. The molecule has 2 rings (SSSR count). The molecule has 1 N–H and O–H groups in total. The van der Waals surface area contributed by atoms with Crippen LogP contribution in [0, 0.1) is 5.92 Å². The minimum Gasteiger partial charge on any atom is -0.362 e. The Morgan fingerprint density at radius 1 is 1.16 bits per heavy atom. The Bertz CT molecular complexity index is 366. The molecule has 0 saturated carbocycles. The standard InChI is InChI=1S/C16H27N3/c1-14(2)12-15-4-6-16(7-5-15)18(3)13-19-10-8-17-9-11-19/h4-7,14,17H,8-13H2,1-3H3. The van der Waals surface area contributed by atoms with Crippen molar-refractivity contribution in [2.75, 3.05) is 44.8 Å². The van der Waals surface area contributed by atoms with E-state index in [9.17, 15) is 0 Å². The monoisotopic (exact) mass is 261 g/mol. The van der Waals surface area contributed by atoms with E-state index >= 15 is 0 Å². The first kappa shape index (κ1) is 14.4. The molecule has 1 aromatic carbocycles. The zero-order valence-electron chi connectivity index (χ0n) is 12.5. The zero-order valence-corrected chi connectivity index (χ0v) is 12.5. The van der Waals surface area contributed by atoms with Crippen LogP contribution < -0.4 is 10.2 Å². The van der Waals surface area contributed by atoms with Gasteiger partial charge in [-0.15, -0.1) is 0 Å². The largest absolute Gasteiger partial charge is 0.362 e. The lowest BCUT2D eigenvalue weighted by Gasteiger charge is -2.32. The molecule has 1 fully saturated rings. The highest BCUT2D eigenvalue weighted by Crippen LogP contribution is 2.16. The van der Waals surface area contributed by atoms with Crippen LogP contribution in [0.2, 0.25) is 0 Å². The maximum absolute atomic E-state index is 3.39. The molecule has 1 heterocycles. The fourth-order valence-electron chi connectivity index (χ4n) is 2.59. The van der Waals surface area contributed by atoms with Gasteiger partial charge in [0.05, 0.1) is 6.67 Å². The molecule has 0 spiro atoms. The van der Waals surface area contributed by atoms with Crippen molar-refractivity contribution in [2.24, 2.45) is 5.92 Å². The van der Waals surface area contributed by atoms with Crippen molar-refractivity contribution in [3.05, 3.63) is 29.8 Å². The number of rotatable bonds is 5. The maximum atomic E-state index is 3.39. The van der Waals surface area contributed by atoms with Crippen molar-refractivity contribution in [1.29, 1.82) is 0 Å². The van der Waals surface area contributed by atoms with Gasteiger partial charge in [-0.25, -0.2) is 0 Å². The number of anilines is 1. The van der Waals surface area contributed by atoms with E-state index in [2.05, 4.69) is 60.3 Å². The highest BCUT2D eigenvalue weighted by molar-refractivity contribution is 5.46. The van der Waals surface area contributed by atoms with E-state index in [4.69, 9.17) is 0 Å². The summed E-state index contributed by atoms with van der Waals surface area (Å²) in [5.74, 6) is 0.726. The maximum Gasteiger partial charge on any atom is 0.0704 e. The van der Waals surface area contributed by atoms with E-state index in [1.165, 1.54) is 17.7 Å². The average molecular weight is 261 g/mol. The highest BCUT2D eigenvalue weighted by Gasteiger charge is 2.11. The minimum absolute atomic E-state index is 0.726. The van der Waals surface area contributed by atoms with Gasteiger partial charge in [0.1, 0.15) is 0 Å². The minimum atomic E-state index is 0.726. The molecule has 1 aliphatic heterocycles. The van der Waals surface area contributed by atoms with Crippen LogP contribution >= 0.6 is 0 Å². The summed E-state index contributed by atoms with van der Waals surface area (Å²) >= 11 is 0. The third-order valence-corrected chi connectivity index (χ3v) is 3.64. The second kappa shape index (κ2) is 6.92. The van der Waals surface area contributed by atoms with Crippen molar-refractivity contribution in [1.82, 2.24) is 10.2 Å².